The van der Waals surface area contributed by atoms with E-state index in [1.165, 1.54) is 6.33 Å². The molecule has 9 heteroatoms. The van der Waals surface area contributed by atoms with Gasteiger partial charge in [0.2, 0.25) is 0 Å². The molecule has 0 unspecified atom stereocenters. The highest BCUT2D eigenvalue weighted by molar-refractivity contribution is 7.92. The summed E-state index contributed by atoms with van der Waals surface area (Å²) in [6, 6.07) is 3.26. The molecule has 156 valence electrons. The van der Waals surface area contributed by atoms with Crippen LogP contribution in [0.3, 0.4) is 0 Å². The predicted molar refractivity (Wildman–Crippen MR) is 114 cm³/mol. The van der Waals surface area contributed by atoms with E-state index in [0.29, 0.717) is 34.9 Å². The molecule has 0 saturated heterocycles. The maximum Gasteiger partial charge on any atom is 0.186 e. The average Bonchev–Trinajstić information content (AvgIpc) is 2.97. The molecule has 3 rings (SSSR count). The Morgan fingerprint density at radius 2 is 1.86 bits per heavy atom. The molecule has 29 heavy (non-hydrogen) atoms. The minimum atomic E-state index is -3.65. The van der Waals surface area contributed by atoms with Crippen LogP contribution in [0.25, 0.3) is 10.9 Å². The first kappa shape index (κ1) is 21.0. The van der Waals surface area contributed by atoms with Gasteiger partial charge in [0.1, 0.15) is 22.8 Å². The van der Waals surface area contributed by atoms with Crippen molar-refractivity contribution < 1.29 is 13.2 Å². The van der Waals surface area contributed by atoms with Gasteiger partial charge < -0.3 is 10.1 Å². The van der Waals surface area contributed by atoms with Crippen molar-refractivity contribution in [3.63, 3.8) is 0 Å². The van der Waals surface area contributed by atoms with E-state index in [9.17, 15) is 8.42 Å². The van der Waals surface area contributed by atoms with Gasteiger partial charge in [-0.2, -0.15) is 5.10 Å². The average molecular weight is 418 g/mol. The van der Waals surface area contributed by atoms with Crippen LogP contribution in [-0.2, 0) is 9.84 Å². The van der Waals surface area contributed by atoms with Gasteiger partial charge in [-0.25, -0.2) is 18.4 Å². The summed E-state index contributed by atoms with van der Waals surface area (Å²) in [5.74, 6) is 1.43. The molecule has 0 fully saturated rings. The smallest absolute Gasteiger partial charge is 0.186 e. The number of anilines is 2. The maximum absolute atomic E-state index is 13.2. The number of aryl methyl sites for hydroxylation is 1. The van der Waals surface area contributed by atoms with Crippen LogP contribution in [-0.4, -0.2) is 39.9 Å². The van der Waals surface area contributed by atoms with E-state index in [0.717, 1.165) is 17.7 Å². The van der Waals surface area contributed by atoms with Crippen molar-refractivity contribution in [2.45, 2.75) is 57.6 Å². The number of H-pyrrole nitrogens is 1. The first-order valence-corrected chi connectivity index (χ1v) is 11.0. The number of benzene rings is 1. The SMILES string of the molecule is CCCOc1cc2ncnc(Nc3n[nH]c(C)c3C)c2cc1S(=O)(=O)C(C)(C)C. The minimum absolute atomic E-state index is 0.138. The van der Waals surface area contributed by atoms with Gasteiger partial charge in [-0.15, -0.1) is 0 Å². The molecule has 2 aromatic heterocycles. The Kier molecular flexibility index (Phi) is 5.53. The number of nitrogens with zero attached hydrogens (tertiary/aromatic N) is 3. The van der Waals surface area contributed by atoms with E-state index in [-0.39, 0.29) is 4.90 Å². The third-order valence-corrected chi connectivity index (χ3v) is 7.26. The lowest BCUT2D eigenvalue weighted by atomic mass is 10.2. The molecule has 2 heterocycles. The molecule has 0 aliphatic rings. The van der Waals surface area contributed by atoms with Crippen LogP contribution in [0.5, 0.6) is 5.75 Å². The van der Waals surface area contributed by atoms with Crippen LogP contribution in [0.2, 0.25) is 0 Å². The second-order valence-corrected chi connectivity index (χ2v) is 10.6. The van der Waals surface area contributed by atoms with E-state index in [1.54, 1.807) is 32.9 Å². The molecule has 0 aliphatic carbocycles. The van der Waals surface area contributed by atoms with Gasteiger partial charge in [0.25, 0.3) is 0 Å². The summed E-state index contributed by atoms with van der Waals surface area (Å²) in [4.78, 5) is 8.77. The molecule has 0 saturated carbocycles. The summed E-state index contributed by atoms with van der Waals surface area (Å²) in [6.07, 6.45) is 2.20. The fourth-order valence-electron chi connectivity index (χ4n) is 2.75. The highest BCUT2D eigenvalue weighted by atomic mass is 32.2. The minimum Gasteiger partial charge on any atom is -0.492 e. The van der Waals surface area contributed by atoms with Gasteiger partial charge in [-0.1, -0.05) is 6.92 Å². The third-order valence-electron chi connectivity index (χ3n) is 4.75. The normalized spacial score (nSPS) is 12.3. The molecule has 2 N–H and O–H groups in total. The van der Waals surface area contributed by atoms with Crippen molar-refractivity contribution in [2.75, 3.05) is 11.9 Å². The summed E-state index contributed by atoms with van der Waals surface area (Å²) in [5, 5.41) is 10.9. The van der Waals surface area contributed by atoms with Gasteiger partial charge in [-0.05, 0) is 47.1 Å². The number of sulfone groups is 1. The summed E-state index contributed by atoms with van der Waals surface area (Å²) in [7, 11) is -3.65. The molecule has 0 atom stereocenters. The lowest BCUT2D eigenvalue weighted by Gasteiger charge is -2.22. The van der Waals surface area contributed by atoms with Crippen LogP contribution in [0, 0.1) is 13.8 Å². The van der Waals surface area contributed by atoms with Crippen LogP contribution in [0.15, 0.2) is 23.4 Å². The Morgan fingerprint density at radius 3 is 2.45 bits per heavy atom. The van der Waals surface area contributed by atoms with E-state index in [1.807, 2.05) is 20.8 Å². The fraction of sp³-hybridized carbons (Fsp3) is 0.450. The number of nitrogens with one attached hydrogen (secondary N) is 2. The highest BCUT2D eigenvalue weighted by Crippen LogP contribution is 2.37. The zero-order valence-corrected chi connectivity index (χ0v) is 18.4. The molecule has 3 aromatic rings. The maximum atomic E-state index is 13.2. The predicted octanol–water partition coefficient (Wildman–Crippen LogP) is 4.07. The van der Waals surface area contributed by atoms with Crippen molar-refractivity contribution in [2.24, 2.45) is 0 Å². The topological polar surface area (TPSA) is 110 Å². The number of hydrogen-bond donors (Lipinski definition) is 2. The van der Waals surface area contributed by atoms with Gasteiger partial charge in [0, 0.05) is 22.7 Å². The number of ether oxygens (including phenoxy) is 1. The first-order chi connectivity index (χ1) is 13.6. The second-order valence-electron chi connectivity index (χ2n) is 7.95. The Labute approximate surface area is 171 Å². The molecular formula is C20H27N5O3S. The van der Waals surface area contributed by atoms with Crippen LogP contribution < -0.4 is 10.1 Å². The summed E-state index contributed by atoms with van der Waals surface area (Å²) < 4.78 is 31.3. The van der Waals surface area contributed by atoms with Gasteiger partial charge in [-0.3, -0.25) is 5.10 Å². The molecule has 1 aromatic carbocycles. The van der Waals surface area contributed by atoms with Crippen LogP contribution in [0.4, 0.5) is 11.6 Å². The van der Waals surface area contributed by atoms with Crippen molar-refractivity contribution in [1.82, 2.24) is 20.2 Å². The third kappa shape index (κ3) is 3.91. The van der Waals surface area contributed by atoms with Gasteiger partial charge in [0.15, 0.2) is 15.7 Å². The number of fused-ring (bicyclic) bond motifs is 1. The Balaban J connectivity index is 2.21. The Hall–Kier alpha value is -2.68. The number of aromatic amines is 1. The molecule has 0 amide bonds. The molecule has 8 nitrogen and oxygen atoms in total. The standard InChI is InChI=1S/C20H27N5O3S/c1-7-8-28-16-10-15-14(9-17(16)29(26,27)20(4,5)6)19(22-11-21-15)23-18-12(2)13(3)24-25-18/h9-11H,7-8H2,1-6H3,(H2,21,22,23,24,25). The van der Waals surface area contributed by atoms with E-state index >= 15 is 0 Å². The summed E-state index contributed by atoms with van der Waals surface area (Å²) >= 11 is 0. The highest BCUT2D eigenvalue weighted by Gasteiger charge is 2.34. The largest absolute Gasteiger partial charge is 0.492 e. The van der Waals surface area contributed by atoms with Gasteiger partial charge >= 0.3 is 0 Å². The van der Waals surface area contributed by atoms with E-state index < -0.39 is 14.6 Å². The number of hydrogen-bond acceptors (Lipinski definition) is 7. The van der Waals surface area contributed by atoms with Crippen molar-refractivity contribution in [3.05, 3.63) is 29.7 Å². The van der Waals surface area contributed by atoms with Crippen LogP contribution >= 0.6 is 0 Å². The summed E-state index contributed by atoms with van der Waals surface area (Å²) in [6.45, 7) is 11.3. The van der Waals surface area contributed by atoms with Gasteiger partial charge in [0.05, 0.1) is 16.9 Å². The van der Waals surface area contributed by atoms with Crippen molar-refractivity contribution in [3.8, 4) is 5.75 Å². The monoisotopic (exact) mass is 417 g/mol. The molecule has 0 spiro atoms. The lowest BCUT2D eigenvalue weighted by Crippen LogP contribution is -2.28. The number of rotatable bonds is 6. The fourth-order valence-corrected chi connectivity index (χ4v) is 4.06. The number of aromatic nitrogens is 4. The van der Waals surface area contributed by atoms with E-state index in [2.05, 4.69) is 25.5 Å². The van der Waals surface area contributed by atoms with Crippen molar-refractivity contribution >= 4 is 32.4 Å². The van der Waals surface area contributed by atoms with Crippen molar-refractivity contribution in [1.29, 1.82) is 0 Å². The zero-order valence-electron chi connectivity index (χ0n) is 17.6. The molecule has 0 radical (unpaired) electrons. The molecule has 0 bridgehead atoms. The Morgan fingerprint density at radius 1 is 1.14 bits per heavy atom. The first-order valence-electron chi connectivity index (χ1n) is 9.51. The van der Waals surface area contributed by atoms with E-state index in [4.69, 9.17) is 4.74 Å². The Bertz CT molecular complexity index is 1150. The summed E-state index contributed by atoms with van der Waals surface area (Å²) in [5.41, 5.74) is 2.49. The second kappa shape index (κ2) is 7.62. The lowest BCUT2D eigenvalue weighted by molar-refractivity contribution is 0.309. The molecule has 0 aliphatic heterocycles. The quantitative estimate of drug-likeness (QED) is 0.622. The molecular weight excluding hydrogens is 390 g/mol. The van der Waals surface area contributed by atoms with Crippen LogP contribution in [0.1, 0.15) is 45.4 Å². The zero-order chi connectivity index (χ0) is 21.4.